The molecule has 0 aliphatic rings. The molecule has 0 aromatic carbocycles. The Balaban J connectivity index is 3.06. The number of rotatable bonds is 5. The summed E-state index contributed by atoms with van der Waals surface area (Å²) in [5.74, 6) is -0.477. The van der Waals surface area contributed by atoms with E-state index in [0.29, 0.717) is 0 Å². The highest BCUT2D eigenvalue weighted by Gasteiger charge is 2.22. The maximum atomic E-state index is 12.1. The lowest BCUT2D eigenvalue weighted by molar-refractivity contribution is 0.0992. The lowest BCUT2D eigenvalue weighted by Gasteiger charge is -2.16. The van der Waals surface area contributed by atoms with Crippen molar-refractivity contribution in [3.63, 3.8) is 0 Å². The van der Waals surface area contributed by atoms with Crippen LogP contribution in [0.4, 0.5) is 0 Å². The number of nitrogens with one attached hydrogen (secondary N) is 1. The van der Waals surface area contributed by atoms with E-state index in [2.05, 4.69) is 4.72 Å². The summed E-state index contributed by atoms with van der Waals surface area (Å²) in [6.07, 6.45) is 1.37. The summed E-state index contributed by atoms with van der Waals surface area (Å²) in [6.45, 7) is 5.64. The Morgan fingerprint density at radius 1 is 1.39 bits per heavy atom. The molecule has 1 rings (SSSR count). The molecule has 0 aliphatic heterocycles. The highest BCUT2D eigenvalue weighted by Crippen LogP contribution is 2.14. The van der Waals surface area contributed by atoms with E-state index in [4.69, 9.17) is 5.73 Å². The van der Waals surface area contributed by atoms with Gasteiger partial charge in [-0.2, -0.15) is 0 Å². The number of carbonyl (C=O) groups is 1. The summed E-state index contributed by atoms with van der Waals surface area (Å²) < 4.78 is 28.1. The van der Waals surface area contributed by atoms with E-state index in [1.807, 2.05) is 13.8 Å². The fraction of sp³-hybridized carbons (Fsp3) is 0.545. The average Bonchev–Trinajstić information content (AvgIpc) is 2.60. The van der Waals surface area contributed by atoms with Gasteiger partial charge in [-0.1, -0.05) is 13.8 Å². The van der Waals surface area contributed by atoms with Crippen molar-refractivity contribution in [1.82, 2.24) is 9.29 Å². The molecular formula is C11H19N3O3S. The van der Waals surface area contributed by atoms with E-state index >= 15 is 0 Å². The molecule has 6 nitrogen and oxygen atoms in total. The molecule has 1 amide bonds. The van der Waals surface area contributed by atoms with Gasteiger partial charge in [0, 0.05) is 19.3 Å². The molecule has 0 radical (unpaired) electrons. The van der Waals surface area contributed by atoms with E-state index in [-0.39, 0.29) is 22.5 Å². The number of sulfonamides is 1. The third kappa shape index (κ3) is 3.11. The lowest BCUT2D eigenvalue weighted by Crippen LogP contribution is -2.35. The van der Waals surface area contributed by atoms with Crippen LogP contribution in [0.2, 0.25) is 0 Å². The predicted octanol–water partition coefficient (Wildman–Crippen LogP) is 0.447. The summed E-state index contributed by atoms with van der Waals surface area (Å²) in [5.41, 5.74) is 5.31. The fourth-order valence-corrected chi connectivity index (χ4v) is 2.84. The predicted molar refractivity (Wildman–Crippen MR) is 68.6 cm³/mol. The first-order valence-corrected chi connectivity index (χ1v) is 7.12. The molecule has 102 valence electrons. The van der Waals surface area contributed by atoms with E-state index in [1.54, 1.807) is 14.0 Å². The molecule has 3 N–H and O–H groups in total. The molecule has 0 fully saturated rings. The Labute approximate surface area is 107 Å². The lowest BCUT2D eigenvalue weighted by atomic mass is 10.1. The number of carbonyl (C=O) groups excluding carboxylic acids is 1. The first kappa shape index (κ1) is 14.7. The Bertz CT molecular complexity index is 546. The molecule has 0 saturated heterocycles. The van der Waals surface area contributed by atoms with Gasteiger partial charge in [0.25, 0.3) is 5.91 Å². The quantitative estimate of drug-likeness (QED) is 0.815. The number of hydrogen-bond acceptors (Lipinski definition) is 3. The van der Waals surface area contributed by atoms with Crippen LogP contribution < -0.4 is 10.5 Å². The number of hydrogen-bond donors (Lipinski definition) is 2. The fourth-order valence-electron chi connectivity index (χ4n) is 1.37. The second-order valence-electron chi connectivity index (χ2n) is 4.69. The number of aromatic nitrogens is 1. The van der Waals surface area contributed by atoms with E-state index in [9.17, 15) is 13.2 Å². The van der Waals surface area contributed by atoms with Crippen molar-refractivity contribution in [3.8, 4) is 0 Å². The molecule has 1 aromatic rings. The summed E-state index contributed by atoms with van der Waals surface area (Å²) in [7, 11) is -2.04. The summed E-state index contributed by atoms with van der Waals surface area (Å²) in [4.78, 5) is 11.1. The number of nitrogens with two attached hydrogens (primary N) is 1. The third-order valence-corrected chi connectivity index (χ3v) is 4.41. The van der Waals surface area contributed by atoms with Crippen LogP contribution in [0.25, 0.3) is 0 Å². The van der Waals surface area contributed by atoms with Crippen molar-refractivity contribution in [1.29, 1.82) is 0 Å². The zero-order valence-corrected chi connectivity index (χ0v) is 11.8. The highest BCUT2D eigenvalue weighted by atomic mass is 32.2. The second-order valence-corrected chi connectivity index (χ2v) is 6.40. The van der Waals surface area contributed by atoms with Crippen molar-refractivity contribution in [2.24, 2.45) is 18.7 Å². The van der Waals surface area contributed by atoms with Crippen molar-refractivity contribution < 1.29 is 13.2 Å². The van der Waals surface area contributed by atoms with Crippen LogP contribution in [-0.2, 0) is 17.1 Å². The van der Waals surface area contributed by atoms with Gasteiger partial charge >= 0.3 is 0 Å². The maximum absolute atomic E-state index is 12.1. The zero-order chi connectivity index (χ0) is 14.1. The molecule has 7 heteroatoms. The van der Waals surface area contributed by atoms with Crippen LogP contribution >= 0.6 is 0 Å². The Morgan fingerprint density at radius 3 is 2.33 bits per heavy atom. The van der Waals surface area contributed by atoms with Gasteiger partial charge in [-0.25, -0.2) is 13.1 Å². The summed E-state index contributed by atoms with van der Waals surface area (Å²) >= 11 is 0. The molecule has 0 bridgehead atoms. The van der Waals surface area contributed by atoms with E-state index < -0.39 is 15.9 Å². The van der Waals surface area contributed by atoms with Crippen LogP contribution in [0, 0.1) is 5.92 Å². The molecule has 0 saturated carbocycles. The number of amides is 1. The van der Waals surface area contributed by atoms with E-state index in [1.165, 1.54) is 16.8 Å². The molecular weight excluding hydrogens is 254 g/mol. The minimum atomic E-state index is -3.62. The molecule has 0 unspecified atom stereocenters. The van der Waals surface area contributed by atoms with Gasteiger partial charge in [0.05, 0.1) is 0 Å². The Kier molecular flexibility index (Phi) is 4.18. The van der Waals surface area contributed by atoms with Crippen LogP contribution in [-0.4, -0.2) is 24.9 Å². The minimum Gasteiger partial charge on any atom is -0.364 e. The minimum absolute atomic E-state index is 0.0475. The third-order valence-electron chi connectivity index (χ3n) is 2.88. The van der Waals surface area contributed by atoms with Crippen LogP contribution in [0.1, 0.15) is 31.3 Å². The molecule has 18 heavy (non-hydrogen) atoms. The Hall–Kier alpha value is -1.34. The van der Waals surface area contributed by atoms with Gasteiger partial charge < -0.3 is 10.3 Å². The summed E-state index contributed by atoms with van der Waals surface area (Å²) in [5, 5.41) is 0. The van der Waals surface area contributed by atoms with Crippen molar-refractivity contribution in [3.05, 3.63) is 18.0 Å². The molecule has 1 aromatic heterocycles. The number of nitrogens with zero attached hydrogens (tertiary/aromatic N) is 1. The van der Waals surface area contributed by atoms with Crippen LogP contribution in [0.15, 0.2) is 17.2 Å². The molecule has 1 atom stereocenters. The molecule has 1 heterocycles. The van der Waals surface area contributed by atoms with Gasteiger partial charge in [0.1, 0.15) is 10.6 Å². The van der Waals surface area contributed by atoms with Crippen molar-refractivity contribution in [2.45, 2.75) is 31.7 Å². The van der Waals surface area contributed by atoms with Gasteiger partial charge in [-0.15, -0.1) is 0 Å². The van der Waals surface area contributed by atoms with Gasteiger partial charge in [-0.05, 0) is 18.9 Å². The smallest absolute Gasteiger partial charge is 0.265 e. The zero-order valence-electron chi connectivity index (χ0n) is 11.0. The van der Waals surface area contributed by atoms with Crippen LogP contribution in [0.5, 0.6) is 0 Å². The first-order chi connectivity index (χ1) is 8.15. The first-order valence-electron chi connectivity index (χ1n) is 5.63. The highest BCUT2D eigenvalue weighted by molar-refractivity contribution is 7.89. The van der Waals surface area contributed by atoms with Gasteiger partial charge in [0.2, 0.25) is 10.0 Å². The van der Waals surface area contributed by atoms with Crippen LogP contribution in [0.3, 0.4) is 0 Å². The van der Waals surface area contributed by atoms with Gasteiger partial charge in [0.15, 0.2) is 0 Å². The number of primary amides is 1. The monoisotopic (exact) mass is 273 g/mol. The van der Waals surface area contributed by atoms with Crippen molar-refractivity contribution in [2.75, 3.05) is 0 Å². The second kappa shape index (κ2) is 5.11. The molecule has 0 spiro atoms. The average molecular weight is 273 g/mol. The number of aryl methyl sites for hydroxylation is 1. The largest absolute Gasteiger partial charge is 0.364 e. The topological polar surface area (TPSA) is 94.2 Å². The standard InChI is InChI=1S/C11H19N3O3S/c1-7(2)8(3)13-18(16,17)9-5-10(11(12)15)14(4)6-9/h5-8,13H,1-4H3,(H2,12,15)/t8-/m0/s1. The molecule has 0 aliphatic carbocycles. The van der Waals surface area contributed by atoms with E-state index in [0.717, 1.165) is 0 Å². The maximum Gasteiger partial charge on any atom is 0.265 e. The Morgan fingerprint density at radius 2 is 1.94 bits per heavy atom. The normalized spacial score (nSPS) is 13.8. The van der Waals surface area contributed by atoms with Crippen molar-refractivity contribution >= 4 is 15.9 Å². The summed E-state index contributed by atoms with van der Waals surface area (Å²) in [6, 6.07) is 1.09. The van der Waals surface area contributed by atoms with Gasteiger partial charge in [-0.3, -0.25) is 4.79 Å². The SMILES string of the molecule is CC(C)[C@H](C)NS(=O)(=O)c1cc(C(N)=O)n(C)c1.